The zero-order valence-corrected chi connectivity index (χ0v) is 16.8. The van der Waals surface area contributed by atoms with Crippen molar-refractivity contribution >= 4 is 32.5 Å². The van der Waals surface area contributed by atoms with E-state index in [2.05, 4.69) is 15.0 Å². The number of sulfonamides is 1. The minimum absolute atomic E-state index is 0.123. The highest BCUT2D eigenvalue weighted by molar-refractivity contribution is 7.89. The SMILES string of the molecule is Cc1ccnc(NC(=O)C(NS(=O)(=O)c2ccc3ccccc3c2)C(C)C)c1. The van der Waals surface area contributed by atoms with Crippen LogP contribution in [-0.2, 0) is 14.8 Å². The van der Waals surface area contributed by atoms with E-state index in [0.29, 0.717) is 5.82 Å². The third-order valence-corrected chi connectivity index (χ3v) is 5.87. The zero-order valence-electron chi connectivity index (χ0n) is 16.0. The summed E-state index contributed by atoms with van der Waals surface area (Å²) >= 11 is 0. The Morgan fingerprint density at radius 3 is 2.39 bits per heavy atom. The average Bonchev–Trinajstić information content (AvgIpc) is 2.65. The molecular weight excluding hydrogens is 374 g/mol. The van der Waals surface area contributed by atoms with Gasteiger partial charge in [-0.1, -0.05) is 44.2 Å². The van der Waals surface area contributed by atoms with Gasteiger partial charge in [0.15, 0.2) is 0 Å². The third kappa shape index (κ3) is 4.55. The van der Waals surface area contributed by atoms with Crippen LogP contribution in [-0.4, -0.2) is 25.4 Å². The summed E-state index contributed by atoms with van der Waals surface area (Å²) in [7, 11) is -3.87. The molecule has 0 aliphatic rings. The van der Waals surface area contributed by atoms with E-state index in [1.54, 1.807) is 44.3 Å². The molecule has 1 aromatic heterocycles. The van der Waals surface area contributed by atoms with E-state index in [4.69, 9.17) is 0 Å². The van der Waals surface area contributed by atoms with E-state index >= 15 is 0 Å². The van der Waals surface area contributed by atoms with Crippen LogP contribution >= 0.6 is 0 Å². The van der Waals surface area contributed by atoms with Crippen molar-refractivity contribution in [3.8, 4) is 0 Å². The first kappa shape index (κ1) is 20.0. The number of aromatic nitrogens is 1. The van der Waals surface area contributed by atoms with Gasteiger partial charge in [-0.15, -0.1) is 0 Å². The Bertz CT molecular complexity index is 1110. The van der Waals surface area contributed by atoms with E-state index in [-0.39, 0.29) is 10.8 Å². The fourth-order valence-corrected chi connectivity index (χ4v) is 4.25. The number of fused-ring (bicyclic) bond motifs is 1. The van der Waals surface area contributed by atoms with Crippen molar-refractivity contribution in [2.24, 2.45) is 5.92 Å². The van der Waals surface area contributed by atoms with Crippen LogP contribution < -0.4 is 10.0 Å². The molecule has 6 nitrogen and oxygen atoms in total. The van der Waals surface area contributed by atoms with Crippen LogP contribution in [0.5, 0.6) is 0 Å². The predicted octanol–water partition coefficient (Wildman–Crippen LogP) is 3.48. The first-order valence-corrected chi connectivity index (χ1v) is 10.5. The highest BCUT2D eigenvalue weighted by Crippen LogP contribution is 2.20. The number of nitrogens with zero attached hydrogens (tertiary/aromatic N) is 1. The molecule has 2 N–H and O–H groups in total. The molecule has 0 bridgehead atoms. The first-order valence-electron chi connectivity index (χ1n) is 9.01. The summed E-state index contributed by atoms with van der Waals surface area (Å²) in [5, 5.41) is 4.46. The van der Waals surface area contributed by atoms with Gasteiger partial charge in [-0.25, -0.2) is 13.4 Å². The lowest BCUT2D eigenvalue weighted by atomic mass is 10.1. The second kappa shape index (κ2) is 8.08. The van der Waals surface area contributed by atoms with Gasteiger partial charge in [-0.2, -0.15) is 4.72 Å². The summed E-state index contributed by atoms with van der Waals surface area (Å²) < 4.78 is 28.3. The molecule has 0 fully saturated rings. The average molecular weight is 398 g/mol. The highest BCUT2D eigenvalue weighted by atomic mass is 32.2. The summed E-state index contributed by atoms with van der Waals surface area (Å²) in [5.74, 6) is -0.307. The number of carbonyl (C=O) groups excluding carboxylic acids is 1. The first-order chi connectivity index (χ1) is 13.3. The zero-order chi connectivity index (χ0) is 20.3. The standard InChI is InChI=1S/C21H23N3O3S/c1-14(2)20(21(25)23-19-12-15(3)10-11-22-19)24-28(26,27)18-9-8-16-6-4-5-7-17(16)13-18/h4-14,20,24H,1-3H3,(H,22,23,25). The number of amides is 1. The van der Waals surface area contributed by atoms with Gasteiger partial charge >= 0.3 is 0 Å². The monoisotopic (exact) mass is 397 g/mol. The number of rotatable bonds is 6. The number of pyridine rings is 1. The van der Waals surface area contributed by atoms with Crippen LogP contribution in [0, 0.1) is 12.8 Å². The van der Waals surface area contributed by atoms with E-state index < -0.39 is 22.0 Å². The number of hydrogen-bond donors (Lipinski definition) is 2. The van der Waals surface area contributed by atoms with Crippen LogP contribution in [0.2, 0.25) is 0 Å². The Labute approximate surface area is 165 Å². The fourth-order valence-electron chi connectivity index (χ4n) is 2.87. The molecule has 1 atom stereocenters. The Hall–Kier alpha value is -2.77. The highest BCUT2D eigenvalue weighted by Gasteiger charge is 2.28. The van der Waals surface area contributed by atoms with E-state index in [9.17, 15) is 13.2 Å². The topological polar surface area (TPSA) is 88.2 Å². The number of benzene rings is 2. The maximum absolute atomic E-state index is 12.9. The van der Waals surface area contributed by atoms with Gasteiger partial charge in [-0.3, -0.25) is 4.79 Å². The molecule has 1 amide bonds. The molecule has 146 valence electrons. The van der Waals surface area contributed by atoms with Crippen molar-refractivity contribution in [1.82, 2.24) is 9.71 Å². The van der Waals surface area contributed by atoms with Gasteiger partial charge in [0.1, 0.15) is 11.9 Å². The summed E-state index contributed by atoms with van der Waals surface area (Å²) in [6.07, 6.45) is 1.59. The lowest BCUT2D eigenvalue weighted by Crippen LogP contribution is -2.47. The molecule has 0 aliphatic heterocycles. The molecule has 2 aromatic carbocycles. The Kier molecular flexibility index (Phi) is 5.76. The number of hydrogen-bond acceptors (Lipinski definition) is 4. The molecule has 0 radical (unpaired) electrons. The summed E-state index contributed by atoms with van der Waals surface area (Å²) in [5.41, 5.74) is 0.947. The molecular formula is C21H23N3O3S. The summed E-state index contributed by atoms with van der Waals surface area (Å²) in [6.45, 7) is 5.47. The lowest BCUT2D eigenvalue weighted by Gasteiger charge is -2.21. The van der Waals surface area contributed by atoms with Crippen LogP contribution in [0.1, 0.15) is 19.4 Å². The van der Waals surface area contributed by atoms with Gasteiger partial charge in [0.2, 0.25) is 15.9 Å². The number of nitrogens with one attached hydrogen (secondary N) is 2. The molecule has 3 aromatic rings. The summed E-state index contributed by atoms with van der Waals surface area (Å²) in [6, 6.07) is 15.0. The molecule has 28 heavy (non-hydrogen) atoms. The van der Waals surface area contributed by atoms with Gasteiger partial charge in [-0.05, 0) is 53.4 Å². The van der Waals surface area contributed by atoms with E-state index in [0.717, 1.165) is 16.3 Å². The number of carbonyl (C=O) groups is 1. The second-order valence-corrected chi connectivity index (χ2v) is 8.77. The van der Waals surface area contributed by atoms with Crippen LogP contribution in [0.4, 0.5) is 5.82 Å². The van der Waals surface area contributed by atoms with E-state index in [1.165, 1.54) is 0 Å². The van der Waals surface area contributed by atoms with Crippen molar-refractivity contribution in [3.63, 3.8) is 0 Å². The van der Waals surface area contributed by atoms with Gasteiger partial charge < -0.3 is 5.32 Å². The third-order valence-electron chi connectivity index (χ3n) is 4.43. The van der Waals surface area contributed by atoms with Gasteiger partial charge in [0, 0.05) is 6.20 Å². The van der Waals surface area contributed by atoms with Gasteiger partial charge in [0.05, 0.1) is 4.90 Å². The maximum Gasteiger partial charge on any atom is 0.243 e. The molecule has 1 heterocycles. The Balaban J connectivity index is 1.84. The molecule has 0 spiro atoms. The Morgan fingerprint density at radius 2 is 1.71 bits per heavy atom. The fraction of sp³-hybridized carbons (Fsp3) is 0.238. The predicted molar refractivity (Wildman–Crippen MR) is 110 cm³/mol. The van der Waals surface area contributed by atoms with E-state index in [1.807, 2.05) is 37.3 Å². The quantitative estimate of drug-likeness (QED) is 0.666. The van der Waals surface area contributed by atoms with Gasteiger partial charge in [0.25, 0.3) is 0 Å². The molecule has 1 unspecified atom stereocenters. The van der Waals surface area contributed by atoms with Crippen LogP contribution in [0.15, 0.2) is 65.7 Å². The number of aryl methyl sites for hydroxylation is 1. The van der Waals surface area contributed by atoms with Crippen molar-refractivity contribution in [2.75, 3.05) is 5.32 Å². The van der Waals surface area contributed by atoms with Crippen LogP contribution in [0.3, 0.4) is 0 Å². The smallest absolute Gasteiger partial charge is 0.243 e. The van der Waals surface area contributed by atoms with Crippen molar-refractivity contribution < 1.29 is 13.2 Å². The molecule has 0 aliphatic carbocycles. The number of anilines is 1. The minimum Gasteiger partial charge on any atom is -0.309 e. The van der Waals surface area contributed by atoms with Crippen molar-refractivity contribution in [3.05, 3.63) is 66.4 Å². The summed E-state index contributed by atoms with van der Waals surface area (Å²) in [4.78, 5) is 16.9. The molecule has 0 saturated carbocycles. The largest absolute Gasteiger partial charge is 0.309 e. The normalized spacial score (nSPS) is 12.9. The molecule has 7 heteroatoms. The van der Waals surface area contributed by atoms with Crippen molar-refractivity contribution in [1.29, 1.82) is 0 Å². The molecule has 3 rings (SSSR count). The van der Waals surface area contributed by atoms with Crippen molar-refractivity contribution in [2.45, 2.75) is 31.7 Å². The minimum atomic E-state index is -3.87. The lowest BCUT2D eigenvalue weighted by molar-refractivity contribution is -0.118. The van der Waals surface area contributed by atoms with Crippen LogP contribution in [0.25, 0.3) is 10.8 Å². The Morgan fingerprint density at radius 1 is 1.00 bits per heavy atom. The second-order valence-electron chi connectivity index (χ2n) is 7.06. The maximum atomic E-state index is 12.9. The molecule has 0 saturated heterocycles.